The second-order valence-corrected chi connectivity index (χ2v) is 10.9. The number of rotatable bonds is 8. The van der Waals surface area contributed by atoms with Gasteiger partial charge in [0.2, 0.25) is 0 Å². The molecule has 0 N–H and O–H groups in total. The summed E-state index contributed by atoms with van der Waals surface area (Å²) in [6.07, 6.45) is 25.1. The maximum absolute atomic E-state index is 10.1. The first-order valence-electron chi connectivity index (χ1n) is 13.1. The number of unbranched alkanes of at least 4 members (excludes halogenated alkanes) is 3. The van der Waals surface area contributed by atoms with Crippen LogP contribution in [0.3, 0.4) is 0 Å². The summed E-state index contributed by atoms with van der Waals surface area (Å²) in [6, 6.07) is 2.88. The van der Waals surface area contributed by atoms with Gasteiger partial charge in [0, 0.05) is 0 Å². The van der Waals surface area contributed by atoms with E-state index in [4.69, 9.17) is 0 Å². The van der Waals surface area contributed by atoms with Crippen LogP contribution in [0.4, 0.5) is 0 Å². The average molecular weight is 386 g/mol. The van der Waals surface area contributed by atoms with E-state index in [0.29, 0.717) is 5.92 Å². The van der Waals surface area contributed by atoms with E-state index in [9.17, 15) is 5.26 Å². The molecule has 160 valence electrons. The summed E-state index contributed by atoms with van der Waals surface area (Å²) >= 11 is 0. The minimum Gasteiger partial charge on any atom is -0.198 e. The Kier molecular flexibility index (Phi) is 8.74. The maximum atomic E-state index is 10.1. The molecule has 3 aliphatic carbocycles. The van der Waals surface area contributed by atoms with E-state index in [1.54, 1.807) is 0 Å². The lowest BCUT2D eigenvalue weighted by Gasteiger charge is -2.45. The van der Waals surface area contributed by atoms with Gasteiger partial charge in [-0.05, 0) is 81.0 Å². The highest BCUT2D eigenvalue weighted by Crippen LogP contribution is 2.52. The van der Waals surface area contributed by atoms with Gasteiger partial charge in [0.15, 0.2) is 0 Å². The monoisotopic (exact) mass is 385 g/mol. The van der Waals surface area contributed by atoms with Crippen molar-refractivity contribution in [3.8, 4) is 6.07 Å². The summed E-state index contributed by atoms with van der Waals surface area (Å²) < 4.78 is 0. The molecule has 3 fully saturated rings. The van der Waals surface area contributed by atoms with Gasteiger partial charge in [0.25, 0.3) is 0 Å². The van der Waals surface area contributed by atoms with Crippen LogP contribution in [0.15, 0.2) is 0 Å². The molecule has 0 radical (unpaired) electrons. The van der Waals surface area contributed by atoms with Gasteiger partial charge < -0.3 is 0 Å². The molecule has 0 aromatic carbocycles. The lowest BCUT2D eigenvalue weighted by atomic mass is 9.58. The molecule has 0 saturated heterocycles. The Morgan fingerprint density at radius 1 is 0.714 bits per heavy atom. The molecule has 0 bridgehead atoms. The quantitative estimate of drug-likeness (QED) is 0.383. The lowest BCUT2D eigenvalue weighted by molar-refractivity contribution is 0.0608. The van der Waals surface area contributed by atoms with E-state index in [1.807, 2.05) is 0 Å². The Hall–Kier alpha value is -0.510. The van der Waals surface area contributed by atoms with Crippen molar-refractivity contribution < 1.29 is 0 Å². The maximum Gasteiger partial charge on any atom is 0.0692 e. The minimum absolute atomic E-state index is 0.0473. The fourth-order valence-corrected chi connectivity index (χ4v) is 7.17. The van der Waals surface area contributed by atoms with E-state index in [-0.39, 0.29) is 5.41 Å². The van der Waals surface area contributed by atoms with E-state index < -0.39 is 0 Å². The normalized spacial score (nSPS) is 39.4. The summed E-state index contributed by atoms with van der Waals surface area (Å²) in [6.45, 7) is 4.66. The summed E-state index contributed by atoms with van der Waals surface area (Å²) in [7, 11) is 0. The number of nitrogens with zero attached hydrogens (tertiary/aromatic N) is 1. The van der Waals surface area contributed by atoms with Crippen LogP contribution in [0, 0.1) is 46.3 Å². The van der Waals surface area contributed by atoms with Gasteiger partial charge in [0.1, 0.15) is 0 Å². The average Bonchev–Trinajstić information content (AvgIpc) is 2.77. The molecule has 1 heteroatoms. The van der Waals surface area contributed by atoms with Crippen LogP contribution in [-0.2, 0) is 0 Å². The summed E-state index contributed by atoms with van der Waals surface area (Å²) in [5.41, 5.74) is 0.0473. The number of nitriles is 1. The zero-order valence-corrected chi connectivity index (χ0v) is 19.1. The van der Waals surface area contributed by atoms with E-state index >= 15 is 0 Å². The molecule has 1 nitrogen and oxygen atoms in total. The molecule has 3 saturated carbocycles. The molecule has 0 amide bonds. The van der Waals surface area contributed by atoms with E-state index in [1.165, 1.54) is 116 Å². The van der Waals surface area contributed by atoms with Crippen molar-refractivity contribution in [3.05, 3.63) is 0 Å². The molecule has 0 heterocycles. The Labute approximate surface area is 176 Å². The summed E-state index contributed by atoms with van der Waals surface area (Å²) in [5.74, 6) is 4.61. The SMILES string of the molecule is CCCCCCC1CCC([C@H]2CC[C@](C#N)(C3CCC(CC)CC3)CC2)CC1. The fourth-order valence-electron chi connectivity index (χ4n) is 7.17. The van der Waals surface area contributed by atoms with Crippen LogP contribution in [0.2, 0.25) is 0 Å². The van der Waals surface area contributed by atoms with Gasteiger partial charge in [-0.1, -0.05) is 78.1 Å². The Balaban J connectivity index is 1.41. The van der Waals surface area contributed by atoms with Crippen LogP contribution in [-0.4, -0.2) is 0 Å². The predicted molar refractivity (Wildman–Crippen MR) is 120 cm³/mol. The smallest absolute Gasteiger partial charge is 0.0692 e. The molecular formula is C27H47N. The lowest BCUT2D eigenvalue weighted by Crippen LogP contribution is -2.37. The Morgan fingerprint density at radius 2 is 1.32 bits per heavy atom. The highest BCUT2D eigenvalue weighted by atomic mass is 14.5. The summed E-state index contributed by atoms with van der Waals surface area (Å²) in [5, 5.41) is 10.1. The molecule has 3 aliphatic rings. The third-order valence-corrected chi connectivity index (χ3v) is 9.37. The Bertz CT molecular complexity index is 465. The highest BCUT2D eigenvalue weighted by molar-refractivity contribution is 5.06. The molecule has 0 spiro atoms. The molecule has 3 rings (SSSR count). The first kappa shape index (κ1) is 22.2. The Morgan fingerprint density at radius 3 is 1.89 bits per heavy atom. The van der Waals surface area contributed by atoms with E-state index in [0.717, 1.165) is 23.7 Å². The van der Waals surface area contributed by atoms with E-state index in [2.05, 4.69) is 19.9 Å². The highest BCUT2D eigenvalue weighted by Gasteiger charge is 2.44. The van der Waals surface area contributed by atoms with Crippen molar-refractivity contribution in [2.45, 2.75) is 129 Å². The standard InChI is InChI=1S/C27H47N/c1-3-5-6-7-8-23-9-13-24(14-10-23)25-17-19-27(21-28,20-18-25)26-15-11-22(4-2)12-16-26/h22-26H,3-20H2,1-2H3/t22?,23?,24?,25-,26?,27-. The van der Waals surface area contributed by atoms with Gasteiger partial charge in [-0.2, -0.15) is 5.26 Å². The van der Waals surface area contributed by atoms with Gasteiger partial charge in [-0.3, -0.25) is 0 Å². The molecule has 0 aromatic heterocycles. The molecular weight excluding hydrogens is 338 g/mol. The molecule has 0 aromatic rings. The third-order valence-electron chi connectivity index (χ3n) is 9.37. The van der Waals surface area contributed by atoms with Crippen LogP contribution in [0.25, 0.3) is 0 Å². The second-order valence-electron chi connectivity index (χ2n) is 10.9. The van der Waals surface area contributed by atoms with Crippen molar-refractivity contribution in [1.29, 1.82) is 5.26 Å². The molecule has 0 unspecified atom stereocenters. The largest absolute Gasteiger partial charge is 0.198 e. The topological polar surface area (TPSA) is 23.8 Å². The number of hydrogen-bond acceptors (Lipinski definition) is 1. The predicted octanol–water partition coefficient (Wildman–Crippen LogP) is 8.68. The van der Waals surface area contributed by atoms with Crippen molar-refractivity contribution in [1.82, 2.24) is 0 Å². The van der Waals surface area contributed by atoms with Gasteiger partial charge in [-0.15, -0.1) is 0 Å². The van der Waals surface area contributed by atoms with Crippen molar-refractivity contribution >= 4 is 0 Å². The number of hydrogen-bond donors (Lipinski definition) is 0. The van der Waals surface area contributed by atoms with Crippen molar-refractivity contribution in [2.24, 2.45) is 35.0 Å². The van der Waals surface area contributed by atoms with Gasteiger partial charge >= 0.3 is 0 Å². The third kappa shape index (κ3) is 5.55. The molecule has 0 atom stereocenters. The van der Waals surface area contributed by atoms with Crippen molar-refractivity contribution in [3.63, 3.8) is 0 Å². The van der Waals surface area contributed by atoms with Crippen LogP contribution in [0.5, 0.6) is 0 Å². The first-order chi connectivity index (χ1) is 13.7. The minimum atomic E-state index is 0.0473. The van der Waals surface area contributed by atoms with Gasteiger partial charge in [-0.25, -0.2) is 0 Å². The van der Waals surface area contributed by atoms with Crippen molar-refractivity contribution in [2.75, 3.05) is 0 Å². The van der Waals surface area contributed by atoms with Gasteiger partial charge in [0.05, 0.1) is 11.5 Å². The summed E-state index contributed by atoms with van der Waals surface area (Å²) in [4.78, 5) is 0. The second kappa shape index (κ2) is 11.0. The van der Waals surface area contributed by atoms with Crippen LogP contribution < -0.4 is 0 Å². The zero-order valence-electron chi connectivity index (χ0n) is 19.1. The molecule has 0 aliphatic heterocycles. The van der Waals surface area contributed by atoms with Crippen LogP contribution >= 0.6 is 0 Å². The zero-order chi connectivity index (χ0) is 19.8. The fraction of sp³-hybridized carbons (Fsp3) is 0.963. The first-order valence-corrected chi connectivity index (χ1v) is 13.1. The van der Waals surface area contributed by atoms with Crippen LogP contribution in [0.1, 0.15) is 129 Å². The molecule has 28 heavy (non-hydrogen) atoms.